The Balaban J connectivity index is 3.21. The highest BCUT2D eigenvalue weighted by molar-refractivity contribution is 5.85. The topological polar surface area (TPSA) is 74.2 Å². The average molecular weight is 254 g/mol. The Morgan fingerprint density at radius 2 is 1.72 bits per heavy atom. The van der Waals surface area contributed by atoms with Crippen molar-refractivity contribution >= 4 is 12.0 Å². The summed E-state index contributed by atoms with van der Waals surface area (Å²) >= 11 is 0. The standard InChI is InChI=1S/C12H14O6/c1-15-9-6-8(4-5-11(13)14)7-10(16-2)12(9)18-17-3/h4-7H,1-3H3,(H,13,14). The molecule has 0 aliphatic rings. The number of carboxylic acid groups (broad SMARTS) is 1. The van der Waals surface area contributed by atoms with Crippen molar-refractivity contribution in [1.82, 2.24) is 0 Å². The fourth-order valence-electron chi connectivity index (χ4n) is 1.33. The molecule has 1 aromatic rings. The predicted octanol–water partition coefficient (Wildman–Crippen LogP) is 1.74. The monoisotopic (exact) mass is 254 g/mol. The average Bonchev–Trinajstić information content (AvgIpc) is 2.37. The van der Waals surface area contributed by atoms with Crippen LogP contribution in [0.5, 0.6) is 17.2 Å². The lowest BCUT2D eigenvalue weighted by molar-refractivity contribution is -0.180. The second-order valence-electron chi connectivity index (χ2n) is 3.18. The molecule has 0 fully saturated rings. The summed E-state index contributed by atoms with van der Waals surface area (Å²) in [7, 11) is 4.28. The SMILES string of the molecule is COOc1c(OC)cc(C=CC(=O)O)cc1OC. The van der Waals surface area contributed by atoms with E-state index >= 15 is 0 Å². The fourth-order valence-corrected chi connectivity index (χ4v) is 1.33. The van der Waals surface area contributed by atoms with Crippen LogP contribution in [-0.4, -0.2) is 32.4 Å². The van der Waals surface area contributed by atoms with Gasteiger partial charge in [0.1, 0.15) is 0 Å². The first kappa shape index (κ1) is 13.9. The number of ether oxygens (including phenoxy) is 2. The van der Waals surface area contributed by atoms with Crippen molar-refractivity contribution in [2.24, 2.45) is 0 Å². The zero-order valence-electron chi connectivity index (χ0n) is 10.3. The maximum Gasteiger partial charge on any atom is 0.328 e. The molecule has 0 amide bonds. The number of carbonyl (C=O) groups is 1. The summed E-state index contributed by atoms with van der Waals surface area (Å²) in [5.41, 5.74) is 0.606. The molecule has 1 rings (SSSR count). The van der Waals surface area contributed by atoms with E-state index in [1.54, 1.807) is 12.1 Å². The summed E-state index contributed by atoms with van der Waals surface area (Å²) in [5.74, 6) is 0.00241. The van der Waals surface area contributed by atoms with Crippen LogP contribution in [0.3, 0.4) is 0 Å². The maximum absolute atomic E-state index is 10.5. The molecule has 6 heteroatoms. The van der Waals surface area contributed by atoms with E-state index in [0.29, 0.717) is 17.1 Å². The van der Waals surface area contributed by atoms with Crippen molar-refractivity contribution in [3.63, 3.8) is 0 Å². The van der Waals surface area contributed by atoms with E-state index in [9.17, 15) is 4.79 Å². The number of hydrogen-bond donors (Lipinski definition) is 1. The van der Waals surface area contributed by atoms with Crippen molar-refractivity contribution in [2.45, 2.75) is 0 Å². The number of hydrogen-bond acceptors (Lipinski definition) is 5. The molecular formula is C12H14O6. The zero-order valence-corrected chi connectivity index (χ0v) is 10.3. The van der Waals surface area contributed by atoms with Crippen LogP contribution in [0, 0.1) is 0 Å². The van der Waals surface area contributed by atoms with Crippen molar-refractivity contribution in [3.8, 4) is 17.2 Å². The third kappa shape index (κ3) is 3.39. The quantitative estimate of drug-likeness (QED) is 0.473. The Labute approximate surface area is 104 Å². The Morgan fingerprint density at radius 3 is 2.11 bits per heavy atom. The van der Waals surface area contributed by atoms with Gasteiger partial charge in [-0.25, -0.2) is 4.79 Å². The predicted molar refractivity (Wildman–Crippen MR) is 63.9 cm³/mol. The van der Waals surface area contributed by atoms with Gasteiger partial charge in [0.05, 0.1) is 21.3 Å². The van der Waals surface area contributed by atoms with Gasteiger partial charge in [-0.1, -0.05) is 0 Å². The first-order valence-corrected chi connectivity index (χ1v) is 5.00. The van der Waals surface area contributed by atoms with Crippen LogP contribution in [-0.2, 0) is 9.68 Å². The van der Waals surface area contributed by atoms with Gasteiger partial charge in [0.25, 0.3) is 0 Å². The third-order valence-corrected chi connectivity index (χ3v) is 2.07. The zero-order chi connectivity index (χ0) is 13.5. The van der Waals surface area contributed by atoms with E-state index in [0.717, 1.165) is 6.08 Å². The number of aliphatic carboxylic acids is 1. The largest absolute Gasteiger partial charge is 0.493 e. The highest BCUT2D eigenvalue weighted by Gasteiger charge is 2.14. The van der Waals surface area contributed by atoms with Crippen molar-refractivity contribution in [1.29, 1.82) is 0 Å². The first-order chi connectivity index (χ1) is 8.62. The minimum absolute atomic E-state index is 0.287. The van der Waals surface area contributed by atoms with Crippen LogP contribution in [0.15, 0.2) is 18.2 Å². The summed E-state index contributed by atoms with van der Waals surface area (Å²) in [5, 5.41) is 8.57. The molecule has 18 heavy (non-hydrogen) atoms. The number of rotatable bonds is 6. The number of carboxylic acids is 1. The van der Waals surface area contributed by atoms with Crippen molar-refractivity contribution < 1.29 is 29.1 Å². The lowest BCUT2D eigenvalue weighted by Gasteiger charge is -2.12. The van der Waals surface area contributed by atoms with Gasteiger partial charge in [-0.3, -0.25) is 0 Å². The van der Waals surface area contributed by atoms with Gasteiger partial charge >= 0.3 is 5.97 Å². The van der Waals surface area contributed by atoms with Gasteiger partial charge in [-0.15, -0.1) is 0 Å². The fraction of sp³-hybridized carbons (Fsp3) is 0.250. The summed E-state index contributed by atoms with van der Waals surface area (Å²) in [6.07, 6.45) is 2.44. The maximum atomic E-state index is 10.5. The summed E-state index contributed by atoms with van der Waals surface area (Å²) in [6.45, 7) is 0. The van der Waals surface area contributed by atoms with E-state index in [2.05, 4.69) is 4.89 Å². The molecule has 1 N–H and O–H groups in total. The third-order valence-electron chi connectivity index (χ3n) is 2.07. The van der Waals surface area contributed by atoms with E-state index in [1.807, 2.05) is 0 Å². The molecule has 0 radical (unpaired) electrons. The highest BCUT2D eigenvalue weighted by Crippen LogP contribution is 2.38. The van der Waals surface area contributed by atoms with Crippen LogP contribution in [0.4, 0.5) is 0 Å². The summed E-state index contributed by atoms with van der Waals surface area (Å²) in [4.78, 5) is 20.0. The van der Waals surface area contributed by atoms with Crippen LogP contribution in [0.1, 0.15) is 5.56 Å². The van der Waals surface area contributed by atoms with E-state index in [-0.39, 0.29) is 5.75 Å². The molecule has 1 aromatic carbocycles. The second kappa shape index (κ2) is 6.51. The normalized spacial score (nSPS) is 10.4. The lowest BCUT2D eigenvalue weighted by Crippen LogP contribution is -1.98. The molecule has 0 unspecified atom stereocenters. The molecular weight excluding hydrogens is 240 g/mol. The molecule has 0 aliphatic carbocycles. The van der Waals surface area contributed by atoms with Crippen LogP contribution < -0.4 is 14.4 Å². The van der Waals surface area contributed by atoms with E-state index in [4.69, 9.17) is 19.5 Å². The number of benzene rings is 1. The second-order valence-corrected chi connectivity index (χ2v) is 3.18. The Kier molecular flexibility index (Phi) is 5.01. The number of methoxy groups -OCH3 is 2. The van der Waals surface area contributed by atoms with E-state index in [1.165, 1.54) is 27.4 Å². The van der Waals surface area contributed by atoms with Gasteiger partial charge in [-0.05, 0) is 23.8 Å². The molecule has 0 saturated heterocycles. The first-order valence-electron chi connectivity index (χ1n) is 5.00. The van der Waals surface area contributed by atoms with Crippen LogP contribution in [0.2, 0.25) is 0 Å². The molecule has 98 valence electrons. The van der Waals surface area contributed by atoms with Gasteiger partial charge in [-0.2, -0.15) is 4.89 Å². The molecule has 0 aromatic heterocycles. The van der Waals surface area contributed by atoms with E-state index < -0.39 is 5.97 Å². The van der Waals surface area contributed by atoms with Gasteiger partial charge in [0.15, 0.2) is 11.5 Å². The van der Waals surface area contributed by atoms with Gasteiger partial charge in [0.2, 0.25) is 5.75 Å². The lowest BCUT2D eigenvalue weighted by atomic mass is 10.1. The molecule has 0 saturated carbocycles. The minimum Gasteiger partial charge on any atom is -0.493 e. The highest BCUT2D eigenvalue weighted by atomic mass is 17.2. The molecule has 6 nitrogen and oxygen atoms in total. The molecule has 0 heterocycles. The molecule has 0 aliphatic heterocycles. The minimum atomic E-state index is -1.04. The van der Waals surface area contributed by atoms with Gasteiger partial charge < -0.3 is 19.5 Å². The Hall–Kier alpha value is -2.21. The van der Waals surface area contributed by atoms with Crippen LogP contribution >= 0.6 is 0 Å². The van der Waals surface area contributed by atoms with Crippen molar-refractivity contribution in [3.05, 3.63) is 23.8 Å². The summed E-state index contributed by atoms with van der Waals surface area (Å²) in [6, 6.07) is 3.21. The Morgan fingerprint density at radius 1 is 1.17 bits per heavy atom. The van der Waals surface area contributed by atoms with Crippen LogP contribution in [0.25, 0.3) is 6.08 Å². The summed E-state index contributed by atoms with van der Waals surface area (Å²) < 4.78 is 10.2. The molecule has 0 spiro atoms. The van der Waals surface area contributed by atoms with Gasteiger partial charge in [0, 0.05) is 6.08 Å². The molecule has 0 atom stereocenters. The molecule has 0 bridgehead atoms. The smallest absolute Gasteiger partial charge is 0.328 e. The Bertz CT molecular complexity index is 427. The van der Waals surface area contributed by atoms with Crippen molar-refractivity contribution in [2.75, 3.05) is 21.3 Å².